The molecular weight excluding hydrogens is 377 g/mol. The number of hydrogen-bond donors (Lipinski definition) is 2. The van der Waals surface area contributed by atoms with Gasteiger partial charge in [0.25, 0.3) is 5.91 Å². The van der Waals surface area contributed by atoms with E-state index in [2.05, 4.69) is 10.3 Å². The van der Waals surface area contributed by atoms with Gasteiger partial charge >= 0.3 is 6.18 Å². The van der Waals surface area contributed by atoms with Crippen LogP contribution in [0.5, 0.6) is 5.75 Å². The van der Waals surface area contributed by atoms with Crippen molar-refractivity contribution in [1.29, 1.82) is 0 Å². The molecule has 0 aliphatic heterocycles. The van der Waals surface area contributed by atoms with E-state index in [1.165, 1.54) is 24.3 Å². The number of hydrogen-bond acceptors (Lipinski definition) is 4. The van der Waals surface area contributed by atoms with Crippen LogP contribution in [0.4, 0.5) is 18.9 Å². The van der Waals surface area contributed by atoms with Crippen LogP contribution in [0.2, 0.25) is 0 Å². The number of aromatic hydroxyl groups is 1. The van der Waals surface area contributed by atoms with Crippen molar-refractivity contribution in [2.75, 3.05) is 5.32 Å². The third-order valence-corrected chi connectivity index (χ3v) is 5.13. The van der Waals surface area contributed by atoms with E-state index in [0.717, 1.165) is 23.5 Å². The number of phenols is 1. The maximum atomic E-state index is 12.7. The van der Waals surface area contributed by atoms with Crippen LogP contribution in [0.15, 0.2) is 42.5 Å². The van der Waals surface area contributed by atoms with Gasteiger partial charge in [0, 0.05) is 11.3 Å². The molecule has 3 aromatic rings. The summed E-state index contributed by atoms with van der Waals surface area (Å²) in [7, 11) is 0. The molecule has 140 valence electrons. The topological polar surface area (TPSA) is 62.2 Å². The van der Waals surface area contributed by atoms with Gasteiger partial charge in [-0.2, -0.15) is 13.2 Å². The van der Waals surface area contributed by atoms with E-state index in [-0.39, 0.29) is 11.7 Å². The summed E-state index contributed by atoms with van der Waals surface area (Å²) in [6.07, 6.45) is -4.40. The molecule has 0 atom stereocenters. The third-order valence-electron chi connectivity index (χ3n) is 3.92. The second-order valence-electron chi connectivity index (χ2n) is 5.96. The molecule has 0 unspecified atom stereocenters. The summed E-state index contributed by atoms with van der Waals surface area (Å²) in [6, 6.07) is 9.26. The predicted octanol–water partition coefficient (Wildman–Crippen LogP) is 5.40. The Bertz CT molecular complexity index is 995. The number of benzene rings is 2. The van der Waals surface area contributed by atoms with Crippen LogP contribution in [0, 0.1) is 13.8 Å². The summed E-state index contributed by atoms with van der Waals surface area (Å²) < 4.78 is 38.0. The smallest absolute Gasteiger partial charge is 0.416 e. The van der Waals surface area contributed by atoms with Gasteiger partial charge < -0.3 is 10.4 Å². The van der Waals surface area contributed by atoms with Crippen molar-refractivity contribution in [3.05, 3.63) is 64.2 Å². The largest absolute Gasteiger partial charge is 0.508 e. The van der Waals surface area contributed by atoms with Gasteiger partial charge in [-0.15, -0.1) is 11.3 Å². The number of carbonyl (C=O) groups is 1. The maximum absolute atomic E-state index is 12.7. The Morgan fingerprint density at radius 2 is 1.78 bits per heavy atom. The van der Waals surface area contributed by atoms with Gasteiger partial charge in [0.15, 0.2) is 0 Å². The number of aromatic nitrogens is 1. The number of anilines is 1. The number of phenolic OH excluding ortho intramolecular Hbond substituents is 1. The first-order valence-electron chi connectivity index (χ1n) is 7.91. The third kappa shape index (κ3) is 4.11. The van der Waals surface area contributed by atoms with Gasteiger partial charge in [-0.25, -0.2) is 4.98 Å². The van der Waals surface area contributed by atoms with Crippen molar-refractivity contribution < 1.29 is 23.1 Å². The Morgan fingerprint density at radius 3 is 2.37 bits per heavy atom. The second kappa shape index (κ2) is 7.03. The molecule has 0 saturated carbocycles. The molecule has 0 aliphatic rings. The highest BCUT2D eigenvalue weighted by atomic mass is 32.1. The molecule has 0 spiro atoms. The molecule has 0 aliphatic carbocycles. The molecule has 0 saturated heterocycles. The molecule has 1 aromatic heterocycles. The number of alkyl halides is 3. The Labute approximate surface area is 157 Å². The first-order valence-corrected chi connectivity index (χ1v) is 8.73. The fourth-order valence-corrected chi connectivity index (χ4v) is 3.47. The number of halogens is 3. The van der Waals surface area contributed by atoms with E-state index in [1.807, 2.05) is 0 Å². The maximum Gasteiger partial charge on any atom is 0.416 e. The van der Waals surface area contributed by atoms with Crippen molar-refractivity contribution in [2.24, 2.45) is 0 Å². The summed E-state index contributed by atoms with van der Waals surface area (Å²) in [5.74, 6) is -0.263. The van der Waals surface area contributed by atoms with E-state index in [1.54, 1.807) is 19.9 Å². The van der Waals surface area contributed by atoms with E-state index in [0.29, 0.717) is 32.4 Å². The summed E-state index contributed by atoms with van der Waals surface area (Å²) in [5.41, 5.74) is 1.52. The highest BCUT2D eigenvalue weighted by Gasteiger charge is 2.30. The molecule has 8 heteroatoms. The average molecular weight is 392 g/mol. The number of aryl methyl sites for hydroxylation is 2. The highest BCUT2D eigenvalue weighted by Crippen LogP contribution is 2.33. The minimum absolute atomic E-state index is 0.101. The fraction of sp³-hybridized carbons (Fsp3) is 0.158. The monoisotopic (exact) mass is 392 g/mol. The van der Waals surface area contributed by atoms with Crippen molar-refractivity contribution in [3.8, 4) is 16.3 Å². The summed E-state index contributed by atoms with van der Waals surface area (Å²) >= 11 is 1.11. The molecule has 1 amide bonds. The van der Waals surface area contributed by atoms with Crippen LogP contribution in [0.3, 0.4) is 0 Å². The fourth-order valence-electron chi connectivity index (χ4n) is 2.50. The van der Waals surface area contributed by atoms with Gasteiger partial charge in [-0.3, -0.25) is 4.79 Å². The molecule has 1 heterocycles. The number of nitrogens with zero attached hydrogens (tertiary/aromatic N) is 1. The zero-order valence-electron chi connectivity index (χ0n) is 14.4. The number of nitrogens with one attached hydrogen (secondary N) is 1. The van der Waals surface area contributed by atoms with Crippen LogP contribution in [-0.4, -0.2) is 16.0 Å². The molecule has 2 aromatic carbocycles. The predicted molar refractivity (Wildman–Crippen MR) is 98.1 cm³/mol. The van der Waals surface area contributed by atoms with Crippen LogP contribution in [-0.2, 0) is 6.18 Å². The SMILES string of the molecule is Cc1cc(O)ccc1NC(=O)c1sc(-c2ccc(C(F)(F)F)cc2)nc1C. The van der Waals surface area contributed by atoms with Crippen LogP contribution in [0.25, 0.3) is 10.6 Å². The molecule has 0 bridgehead atoms. The zero-order chi connectivity index (χ0) is 19.8. The molecule has 3 rings (SSSR count). The minimum atomic E-state index is -4.40. The van der Waals surface area contributed by atoms with Gasteiger partial charge in [0.05, 0.1) is 11.3 Å². The van der Waals surface area contributed by atoms with Crippen molar-refractivity contribution >= 4 is 22.9 Å². The van der Waals surface area contributed by atoms with Crippen molar-refractivity contribution in [3.63, 3.8) is 0 Å². The molecule has 0 fully saturated rings. The summed E-state index contributed by atoms with van der Waals surface area (Å²) in [4.78, 5) is 17.2. The molecule has 0 radical (unpaired) electrons. The number of thiazole rings is 1. The average Bonchev–Trinajstić information content (AvgIpc) is 2.98. The Morgan fingerprint density at radius 1 is 1.11 bits per heavy atom. The van der Waals surface area contributed by atoms with Crippen molar-refractivity contribution in [2.45, 2.75) is 20.0 Å². The Hall–Kier alpha value is -2.87. The molecular formula is C19H15F3N2O2S. The zero-order valence-corrected chi connectivity index (χ0v) is 15.2. The standard InChI is InChI=1S/C19H15F3N2O2S/c1-10-9-14(25)7-8-15(10)24-17(26)16-11(2)23-18(27-16)12-3-5-13(6-4-12)19(20,21)22/h3-9,25H,1-2H3,(H,24,26). The minimum Gasteiger partial charge on any atom is -0.508 e. The first-order chi connectivity index (χ1) is 12.6. The first kappa shape index (κ1) is 18.9. The van der Waals surface area contributed by atoms with Crippen LogP contribution >= 0.6 is 11.3 Å². The van der Waals surface area contributed by atoms with E-state index < -0.39 is 11.7 Å². The molecule has 2 N–H and O–H groups in total. The Balaban J connectivity index is 1.84. The van der Waals surface area contributed by atoms with Gasteiger partial charge in [-0.05, 0) is 49.7 Å². The lowest BCUT2D eigenvalue weighted by atomic mass is 10.1. The van der Waals surface area contributed by atoms with Gasteiger partial charge in [0.1, 0.15) is 15.6 Å². The number of rotatable bonds is 3. The van der Waals surface area contributed by atoms with Crippen LogP contribution in [0.1, 0.15) is 26.5 Å². The van der Waals surface area contributed by atoms with Crippen molar-refractivity contribution in [1.82, 2.24) is 4.98 Å². The summed E-state index contributed by atoms with van der Waals surface area (Å²) in [6.45, 7) is 3.42. The lowest BCUT2D eigenvalue weighted by Gasteiger charge is -2.07. The van der Waals surface area contributed by atoms with Crippen LogP contribution < -0.4 is 5.32 Å². The van der Waals surface area contributed by atoms with E-state index in [4.69, 9.17) is 0 Å². The lowest BCUT2D eigenvalue weighted by molar-refractivity contribution is -0.137. The molecule has 4 nitrogen and oxygen atoms in total. The quantitative estimate of drug-likeness (QED) is 0.587. The Kier molecular flexibility index (Phi) is 4.93. The molecule has 27 heavy (non-hydrogen) atoms. The summed E-state index contributed by atoms with van der Waals surface area (Å²) in [5, 5.41) is 12.7. The van der Waals surface area contributed by atoms with E-state index in [9.17, 15) is 23.1 Å². The number of amides is 1. The van der Waals surface area contributed by atoms with Gasteiger partial charge in [0.2, 0.25) is 0 Å². The van der Waals surface area contributed by atoms with E-state index >= 15 is 0 Å². The normalized spacial score (nSPS) is 11.4. The lowest BCUT2D eigenvalue weighted by Crippen LogP contribution is -2.12. The second-order valence-corrected chi connectivity index (χ2v) is 6.96. The van der Waals surface area contributed by atoms with Gasteiger partial charge in [-0.1, -0.05) is 12.1 Å². The highest BCUT2D eigenvalue weighted by molar-refractivity contribution is 7.17. The number of carbonyl (C=O) groups excluding carboxylic acids is 1.